The zero-order valence-corrected chi connectivity index (χ0v) is 13.0. The maximum Gasteiger partial charge on any atom is 0.331 e. The maximum atomic E-state index is 12.7. The molecule has 4 nitrogen and oxygen atoms in total. The minimum absolute atomic E-state index is 0.167. The highest BCUT2D eigenvalue weighted by atomic mass is 16.5. The summed E-state index contributed by atoms with van der Waals surface area (Å²) in [7, 11) is 1.61. The van der Waals surface area contributed by atoms with Crippen molar-refractivity contribution in [2.24, 2.45) is 0 Å². The smallest absolute Gasteiger partial charge is 0.331 e. The van der Waals surface area contributed by atoms with E-state index in [-0.39, 0.29) is 11.4 Å². The topological polar surface area (TPSA) is 63.6 Å². The fraction of sp³-hybridized carbons (Fsp3) is 0.263. The summed E-state index contributed by atoms with van der Waals surface area (Å²) in [5, 5.41) is 11.2. The minimum Gasteiger partial charge on any atom is -0.497 e. The molecule has 1 aliphatic rings. The molecule has 1 aliphatic carbocycles. The summed E-state index contributed by atoms with van der Waals surface area (Å²) < 4.78 is 5.20. The van der Waals surface area contributed by atoms with E-state index in [0.29, 0.717) is 24.0 Å². The van der Waals surface area contributed by atoms with Crippen LogP contribution in [0.25, 0.3) is 10.8 Å². The first-order valence-electron chi connectivity index (χ1n) is 7.68. The van der Waals surface area contributed by atoms with Gasteiger partial charge in [0.15, 0.2) is 5.78 Å². The molecule has 2 aromatic carbocycles. The van der Waals surface area contributed by atoms with Crippen molar-refractivity contribution in [2.45, 2.75) is 25.7 Å². The summed E-state index contributed by atoms with van der Waals surface area (Å²) >= 11 is 0. The molecular formula is C19H18O4. The Bertz CT molecular complexity index is 817. The summed E-state index contributed by atoms with van der Waals surface area (Å²) in [5.74, 6) is -0.377. The molecule has 0 spiro atoms. The van der Waals surface area contributed by atoms with Crippen molar-refractivity contribution in [2.75, 3.05) is 7.11 Å². The predicted octanol–water partition coefficient (Wildman–Crippen LogP) is 3.99. The number of hydrogen-bond donors (Lipinski definition) is 1. The average Bonchev–Trinajstić information content (AvgIpc) is 2.60. The lowest BCUT2D eigenvalue weighted by Crippen LogP contribution is -2.15. The van der Waals surface area contributed by atoms with E-state index in [1.165, 1.54) is 0 Å². The van der Waals surface area contributed by atoms with Crippen LogP contribution in [0.5, 0.6) is 5.75 Å². The van der Waals surface area contributed by atoms with Gasteiger partial charge in [0, 0.05) is 16.7 Å². The molecule has 3 rings (SSSR count). The number of rotatable bonds is 4. The van der Waals surface area contributed by atoms with Gasteiger partial charge < -0.3 is 9.84 Å². The number of Topliss-reactive ketones (excluding diaryl/α,β-unsaturated/α-hetero) is 1. The molecule has 4 heteroatoms. The molecule has 0 aliphatic heterocycles. The van der Waals surface area contributed by atoms with E-state index in [1.807, 2.05) is 30.3 Å². The molecule has 0 aromatic heterocycles. The van der Waals surface area contributed by atoms with Gasteiger partial charge >= 0.3 is 5.97 Å². The van der Waals surface area contributed by atoms with Crippen LogP contribution in [0.1, 0.15) is 36.0 Å². The normalized spacial score (nSPS) is 14.8. The van der Waals surface area contributed by atoms with Crippen LogP contribution in [0, 0.1) is 0 Å². The van der Waals surface area contributed by atoms with Crippen LogP contribution in [-0.2, 0) is 4.79 Å². The molecule has 0 radical (unpaired) electrons. The number of methoxy groups -OCH3 is 1. The maximum absolute atomic E-state index is 12.7. The number of carboxylic acid groups (broad SMARTS) is 1. The number of ether oxygens (including phenoxy) is 1. The van der Waals surface area contributed by atoms with Crippen LogP contribution < -0.4 is 4.74 Å². The zero-order chi connectivity index (χ0) is 16.4. The monoisotopic (exact) mass is 310 g/mol. The van der Waals surface area contributed by atoms with Crippen molar-refractivity contribution in [1.29, 1.82) is 0 Å². The number of benzene rings is 2. The third kappa shape index (κ3) is 2.97. The molecule has 0 fully saturated rings. The van der Waals surface area contributed by atoms with Crippen molar-refractivity contribution in [1.82, 2.24) is 0 Å². The third-order valence-corrected chi connectivity index (χ3v) is 4.31. The van der Waals surface area contributed by atoms with Gasteiger partial charge in [0.2, 0.25) is 0 Å². The zero-order valence-electron chi connectivity index (χ0n) is 13.0. The molecule has 0 unspecified atom stereocenters. The van der Waals surface area contributed by atoms with E-state index in [2.05, 4.69) is 0 Å². The Labute approximate surface area is 134 Å². The molecule has 0 bridgehead atoms. The van der Waals surface area contributed by atoms with Gasteiger partial charge in [-0.25, -0.2) is 4.79 Å². The van der Waals surface area contributed by atoms with Crippen LogP contribution in [0.15, 0.2) is 47.5 Å². The Morgan fingerprint density at radius 1 is 0.957 bits per heavy atom. The van der Waals surface area contributed by atoms with E-state index >= 15 is 0 Å². The highest BCUT2D eigenvalue weighted by Gasteiger charge is 2.24. The van der Waals surface area contributed by atoms with Gasteiger partial charge in [0.25, 0.3) is 0 Å². The van der Waals surface area contributed by atoms with Gasteiger partial charge in [-0.3, -0.25) is 4.79 Å². The van der Waals surface area contributed by atoms with Crippen molar-refractivity contribution in [3.05, 3.63) is 53.1 Å². The molecule has 0 atom stereocenters. The largest absolute Gasteiger partial charge is 0.497 e. The van der Waals surface area contributed by atoms with E-state index in [1.54, 1.807) is 13.2 Å². The van der Waals surface area contributed by atoms with Crippen LogP contribution in [0.4, 0.5) is 0 Å². The Balaban J connectivity index is 2.02. The van der Waals surface area contributed by atoms with Gasteiger partial charge in [-0.1, -0.05) is 18.2 Å². The molecule has 0 saturated heterocycles. The van der Waals surface area contributed by atoms with E-state index in [9.17, 15) is 14.7 Å². The van der Waals surface area contributed by atoms with Gasteiger partial charge in [0.05, 0.1) is 7.11 Å². The summed E-state index contributed by atoms with van der Waals surface area (Å²) in [6, 6.07) is 11.1. The second-order valence-corrected chi connectivity index (χ2v) is 5.73. The second kappa shape index (κ2) is 6.24. The summed E-state index contributed by atoms with van der Waals surface area (Å²) in [6.45, 7) is 0. The Hall–Kier alpha value is -2.62. The summed E-state index contributed by atoms with van der Waals surface area (Å²) in [4.78, 5) is 24.1. The SMILES string of the molecule is COc1ccc2cc(C(=O)C3=C(C(=O)O)CCCC3)ccc2c1. The van der Waals surface area contributed by atoms with Gasteiger partial charge in [-0.15, -0.1) is 0 Å². The van der Waals surface area contributed by atoms with Crippen molar-refractivity contribution < 1.29 is 19.4 Å². The Morgan fingerprint density at radius 2 is 1.61 bits per heavy atom. The fourth-order valence-corrected chi connectivity index (χ4v) is 3.06. The Morgan fingerprint density at radius 3 is 2.30 bits per heavy atom. The molecule has 1 N–H and O–H groups in total. The van der Waals surface area contributed by atoms with Crippen LogP contribution in [-0.4, -0.2) is 24.0 Å². The van der Waals surface area contributed by atoms with Crippen molar-refractivity contribution >= 4 is 22.5 Å². The molecule has 118 valence electrons. The molecule has 0 amide bonds. The standard InChI is InChI=1S/C19H18O4/c1-23-15-9-8-12-10-14(7-6-13(12)11-15)18(20)16-4-2-3-5-17(16)19(21)22/h6-11H,2-5H2,1H3,(H,21,22). The van der Waals surface area contributed by atoms with Gasteiger partial charge in [-0.2, -0.15) is 0 Å². The molecule has 0 saturated carbocycles. The lowest BCUT2D eigenvalue weighted by atomic mass is 9.86. The third-order valence-electron chi connectivity index (χ3n) is 4.31. The number of allylic oxidation sites excluding steroid dienone is 1. The van der Waals surface area contributed by atoms with E-state index in [4.69, 9.17) is 4.74 Å². The van der Waals surface area contributed by atoms with Crippen molar-refractivity contribution in [3.8, 4) is 5.75 Å². The minimum atomic E-state index is -0.974. The van der Waals surface area contributed by atoms with Crippen LogP contribution >= 0.6 is 0 Å². The molecule has 0 heterocycles. The number of ketones is 1. The molecule has 23 heavy (non-hydrogen) atoms. The number of carbonyl (C=O) groups excluding carboxylic acids is 1. The number of fused-ring (bicyclic) bond motifs is 1. The second-order valence-electron chi connectivity index (χ2n) is 5.73. The highest BCUT2D eigenvalue weighted by molar-refractivity contribution is 6.14. The quantitative estimate of drug-likeness (QED) is 0.867. The fourth-order valence-electron chi connectivity index (χ4n) is 3.06. The lowest BCUT2D eigenvalue weighted by Gasteiger charge is -2.17. The average molecular weight is 310 g/mol. The first-order chi connectivity index (χ1) is 11.1. The predicted molar refractivity (Wildman–Crippen MR) is 88.0 cm³/mol. The van der Waals surface area contributed by atoms with Crippen LogP contribution in [0.3, 0.4) is 0 Å². The summed E-state index contributed by atoms with van der Waals surface area (Å²) in [6.07, 6.45) is 2.71. The van der Waals surface area contributed by atoms with Gasteiger partial charge in [-0.05, 0) is 54.7 Å². The molecule has 2 aromatic rings. The highest BCUT2D eigenvalue weighted by Crippen LogP contribution is 2.29. The van der Waals surface area contributed by atoms with Crippen molar-refractivity contribution in [3.63, 3.8) is 0 Å². The number of carboxylic acids is 1. The van der Waals surface area contributed by atoms with Crippen LogP contribution in [0.2, 0.25) is 0 Å². The first-order valence-corrected chi connectivity index (χ1v) is 7.68. The van der Waals surface area contributed by atoms with E-state index in [0.717, 1.165) is 29.4 Å². The Kier molecular flexibility index (Phi) is 4.15. The first kappa shape index (κ1) is 15.3. The van der Waals surface area contributed by atoms with Gasteiger partial charge in [0.1, 0.15) is 5.75 Å². The summed E-state index contributed by atoms with van der Waals surface area (Å²) in [5.41, 5.74) is 1.27. The van der Waals surface area contributed by atoms with E-state index < -0.39 is 5.97 Å². The number of aliphatic carboxylic acids is 1. The number of hydrogen-bond acceptors (Lipinski definition) is 3. The molecular weight excluding hydrogens is 292 g/mol. The lowest BCUT2D eigenvalue weighted by molar-refractivity contribution is -0.133. The number of carbonyl (C=O) groups is 2.